The van der Waals surface area contributed by atoms with E-state index in [1.165, 1.54) is 24.3 Å². The van der Waals surface area contributed by atoms with Crippen molar-refractivity contribution in [2.24, 2.45) is 0 Å². The van der Waals surface area contributed by atoms with Gasteiger partial charge in [0.1, 0.15) is 5.75 Å². The lowest BCUT2D eigenvalue weighted by Crippen LogP contribution is -2.20. The molecule has 1 amide bonds. The maximum atomic E-state index is 11.6. The van der Waals surface area contributed by atoms with Gasteiger partial charge in [-0.15, -0.1) is 0 Å². The SMILES string of the molecule is O=C(COc1ccc([N+](=O)[O-])cc1)Nc1cc[nH+]cc1. The first-order valence-electron chi connectivity index (χ1n) is 5.78. The molecule has 7 heteroatoms. The van der Waals surface area contributed by atoms with Gasteiger partial charge in [0.15, 0.2) is 19.0 Å². The second-order valence-corrected chi connectivity index (χ2v) is 3.88. The van der Waals surface area contributed by atoms with E-state index in [1.807, 2.05) is 0 Å². The summed E-state index contributed by atoms with van der Waals surface area (Å²) in [4.78, 5) is 24.4. The fraction of sp³-hybridized carbons (Fsp3) is 0.0769. The standard InChI is InChI=1S/C13H11N3O4/c17-13(15-10-5-7-14-8-6-10)9-20-12-3-1-11(2-4-12)16(18)19/h1-8H,9H2,(H,14,15,17)/p+1. The Balaban J connectivity index is 1.85. The molecule has 0 atom stereocenters. The molecule has 1 aromatic carbocycles. The summed E-state index contributed by atoms with van der Waals surface area (Å²) >= 11 is 0. The van der Waals surface area contributed by atoms with Crippen molar-refractivity contribution in [1.29, 1.82) is 0 Å². The first kappa shape index (κ1) is 13.5. The molecule has 0 fully saturated rings. The highest BCUT2D eigenvalue weighted by molar-refractivity contribution is 5.91. The highest BCUT2D eigenvalue weighted by atomic mass is 16.6. The number of ether oxygens (including phenoxy) is 1. The number of benzene rings is 1. The van der Waals surface area contributed by atoms with Crippen LogP contribution in [0, 0.1) is 10.1 Å². The third-order valence-electron chi connectivity index (χ3n) is 2.42. The van der Waals surface area contributed by atoms with E-state index in [2.05, 4.69) is 10.3 Å². The predicted octanol–water partition coefficient (Wildman–Crippen LogP) is 1.43. The lowest BCUT2D eigenvalue weighted by atomic mass is 10.3. The summed E-state index contributed by atoms with van der Waals surface area (Å²) in [5, 5.41) is 13.1. The smallest absolute Gasteiger partial charge is 0.269 e. The zero-order valence-electron chi connectivity index (χ0n) is 10.4. The predicted molar refractivity (Wildman–Crippen MR) is 70.2 cm³/mol. The Morgan fingerprint density at radius 3 is 2.45 bits per heavy atom. The number of aromatic nitrogens is 1. The van der Waals surface area contributed by atoms with E-state index in [9.17, 15) is 14.9 Å². The van der Waals surface area contributed by atoms with Gasteiger partial charge < -0.3 is 10.1 Å². The number of nitro benzene ring substituents is 1. The zero-order chi connectivity index (χ0) is 14.4. The van der Waals surface area contributed by atoms with Gasteiger partial charge in [0.2, 0.25) is 0 Å². The van der Waals surface area contributed by atoms with E-state index >= 15 is 0 Å². The number of rotatable bonds is 5. The number of hydrogen-bond acceptors (Lipinski definition) is 4. The van der Waals surface area contributed by atoms with Crippen LogP contribution >= 0.6 is 0 Å². The molecule has 2 N–H and O–H groups in total. The summed E-state index contributed by atoms with van der Waals surface area (Å²) < 4.78 is 5.23. The molecule has 0 saturated carbocycles. The van der Waals surface area contributed by atoms with Gasteiger partial charge in [0.25, 0.3) is 11.6 Å². The number of amides is 1. The molecule has 0 aliphatic carbocycles. The number of carbonyl (C=O) groups excluding carboxylic acids is 1. The molecule has 0 bridgehead atoms. The number of hydrogen-bond donors (Lipinski definition) is 1. The number of nitrogens with zero attached hydrogens (tertiary/aromatic N) is 1. The van der Waals surface area contributed by atoms with Gasteiger partial charge >= 0.3 is 0 Å². The maximum absolute atomic E-state index is 11.6. The van der Waals surface area contributed by atoms with Crippen LogP contribution in [0.5, 0.6) is 5.75 Å². The topological polar surface area (TPSA) is 95.6 Å². The summed E-state index contributed by atoms with van der Waals surface area (Å²) in [5.74, 6) is 0.0849. The molecular formula is C13H12N3O4+. The van der Waals surface area contributed by atoms with Gasteiger partial charge in [0, 0.05) is 24.3 Å². The highest BCUT2D eigenvalue weighted by Crippen LogP contribution is 2.17. The van der Waals surface area contributed by atoms with Crippen LogP contribution in [0.1, 0.15) is 0 Å². The Bertz CT molecular complexity index is 599. The van der Waals surface area contributed by atoms with Crippen LogP contribution in [0.2, 0.25) is 0 Å². The average molecular weight is 274 g/mol. The van der Waals surface area contributed by atoms with Gasteiger partial charge in [-0.1, -0.05) is 0 Å². The lowest BCUT2D eigenvalue weighted by molar-refractivity contribution is -0.384. The molecule has 0 aliphatic rings. The van der Waals surface area contributed by atoms with Crippen molar-refractivity contribution < 1.29 is 19.4 Å². The Morgan fingerprint density at radius 1 is 1.20 bits per heavy atom. The molecule has 0 radical (unpaired) electrons. The first-order chi connectivity index (χ1) is 9.65. The number of pyridine rings is 1. The fourth-order valence-corrected chi connectivity index (χ4v) is 1.48. The quantitative estimate of drug-likeness (QED) is 0.659. The van der Waals surface area contributed by atoms with Crippen molar-refractivity contribution in [3.8, 4) is 5.75 Å². The molecule has 1 aromatic heterocycles. The van der Waals surface area contributed by atoms with Crippen molar-refractivity contribution in [2.45, 2.75) is 0 Å². The lowest BCUT2D eigenvalue weighted by Gasteiger charge is -2.06. The molecule has 102 valence electrons. The van der Waals surface area contributed by atoms with Crippen molar-refractivity contribution in [1.82, 2.24) is 0 Å². The van der Waals surface area contributed by atoms with Crippen LogP contribution in [0.4, 0.5) is 11.4 Å². The van der Waals surface area contributed by atoms with E-state index < -0.39 is 4.92 Å². The van der Waals surface area contributed by atoms with E-state index in [0.717, 1.165) is 0 Å². The molecule has 7 nitrogen and oxygen atoms in total. The summed E-state index contributed by atoms with van der Waals surface area (Å²) in [7, 11) is 0. The second kappa shape index (κ2) is 6.28. The highest BCUT2D eigenvalue weighted by Gasteiger charge is 2.07. The number of aromatic amines is 1. The van der Waals surface area contributed by atoms with E-state index in [0.29, 0.717) is 11.4 Å². The van der Waals surface area contributed by atoms with Gasteiger partial charge in [0.05, 0.1) is 10.6 Å². The van der Waals surface area contributed by atoms with Crippen molar-refractivity contribution >= 4 is 17.3 Å². The normalized spacial score (nSPS) is 9.80. The monoisotopic (exact) mass is 274 g/mol. The van der Waals surface area contributed by atoms with Crippen LogP contribution in [-0.2, 0) is 4.79 Å². The Kier molecular flexibility index (Phi) is 4.23. The summed E-state index contributed by atoms with van der Waals surface area (Å²) in [6, 6.07) is 8.96. The minimum absolute atomic E-state index is 0.0256. The first-order valence-corrected chi connectivity index (χ1v) is 5.78. The van der Waals surface area contributed by atoms with Crippen molar-refractivity contribution in [3.63, 3.8) is 0 Å². The molecule has 0 aliphatic heterocycles. The molecule has 2 rings (SSSR count). The molecular weight excluding hydrogens is 262 g/mol. The number of nitro groups is 1. The number of carbonyl (C=O) groups is 1. The summed E-state index contributed by atoms with van der Waals surface area (Å²) in [6.07, 6.45) is 3.37. The van der Waals surface area contributed by atoms with Gasteiger partial charge in [-0.05, 0) is 12.1 Å². The van der Waals surface area contributed by atoms with Crippen LogP contribution in [0.3, 0.4) is 0 Å². The van der Waals surface area contributed by atoms with Gasteiger partial charge in [-0.3, -0.25) is 14.9 Å². The van der Waals surface area contributed by atoms with E-state index in [-0.39, 0.29) is 18.2 Å². The average Bonchev–Trinajstić information content (AvgIpc) is 2.46. The molecule has 2 aromatic rings. The molecule has 0 spiro atoms. The molecule has 20 heavy (non-hydrogen) atoms. The number of anilines is 1. The minimum Gasteiger partial charge on any atom is -0.484 e. The number of H-pyrrole nitrogens is 1. The van der Waals surface area contributed by atoms with Gasteiger partial charge in [-0.25, -0.2) is 4.98 Å². The zero-order valence-corrected chi connectivity index (χ0v) is 10.4. The van der Waals surface area contributed by atoms with E-state index in [4.69, 9.17) is 4.74 Å². The summed E-state index contributed by atoms with van der Waals surface area (Å²) in [6.45, 7) is -0.170. The third kappa shape index (κ3) is 3.77. The number of nitrogens with one attached hydrogen (secondary N) is 2. The Labute approximate surface area is 114 Å². The van der Waals surface area contributed by atoms with E-state index in [1.54, 1.807) is 24.5 Å². The van der Waals surface area contributed by atoms with Crippen LogP contribution < -0.4 is 15.0 Å². The Hall–Kier alpha value is -2.96. The van der Waals surface area contributed by atoms with Crippen LogP contribution in [0.15, 0.2) is 48.8 Å². The largest absolute Gasteiger partial charge is 0.484 e. The molecule has 0 unspecified atom stereocenters. The van der Waals surface area contributed by atoms with Crippen LogP contribution in [0.25, 0.3) is 0 Å². The molecule has 1 heterocycles. The maximum Gasteiger partial charge on any atom is 0.269 e. The minimum atomic E-state index is -0.497. The van der Waals surface area contributed by atoms with Gasteiger partial charge in [-0.2, -0.15) is 0 Å². The Morgan fingerprint density at radius 2 is 1.85 bits per heavy atom. The van der Waals surface area contributed by atoms with Crippen LogP contribution in [-0.4, -0.2) is 17.4 Å². The molecule has 0 saturated heterocycles. The number of non-ortho nitro benzene ring substituents is 1. The summed E-state index contributed by atoms with van der Waals surface area (Å²) in [5.41, 5.74) is 0.628. The van der Waals surface area contributed by atoms with Crippen molar-refractivity contribution in [3.05, 3.63) is 58.9 Å². The second-order valence-electron chi connectivity index (χ2n) is 3.88. The third-order valence-corrected chi connectivity index (χ3v) is 2.42. The fourth-order valence-electron chi connectivity index (χ4n) is 1.48. The van der Waals surface area contributed by atoms with Crippen molar-refractivity contribution in [2.75, 3.05) is 11.9 Å².